The lowest BCUT2D eigenvalue weighted by atomic mass is 10.1. The minimum Gasteiger partial charge on any atom is -0.479 e. The molecule has 3 fully saturated rings. The van der Waals surface area contributed by atoms with E-state index in [2.05, 4.69) is 17.2 Å². The third-order valence-electron chi connectivity index (χ3n) is 7.30. The highest BCUT2D eigenvalue weighted by Gasteiger charge is 2.61. The second kappa shape index (κ2) is 9.05. The number of rotatable bonds is 6. The summed E-state index contributed by atoms with van der Waals surface area (Å²) in [5.74, 6) is -3.46. The van der Waals surface area contributed by atoms with Crippen LogP contribution in [-0.2, 0) is 36.9 Å². The summed E-state index contributed by atoms with van der Waals surface area (Å²) in [5, 5.41) is 14.5. The number of carboxylic acids is 1. The molecule has 5 rings (SSSR count). The second-order valence-corrected chi connectivity index (χ2v) is 9.59. The zero-order chi connectivity index (χ0) is 26.5. The van der Waals surface area contributed by atoms with Crippen molar-refractivity contribution in [2.24, 2.45) is 5.92 Å². The van der Waals surface area contributed by atoms with E-state index in [1.807, 2.05) is 0 Å². The first-order valence-corrected chi connectivity index (χ1v) is 11.8. The Labute approximate surface area is 210 Å². The standard InChI is InChI=1S/C24H25FN4O8/c1-2-13-7-24(13,21(32)33)27-19(30)18-6-14(9-29(18)20(31)17-11-36-22(34)26-17)37-23(35)28-8-12-4-3-5-16(25)15(12)10-28/h2-5,13-14,17-18H,1,6-11H2,(H,26,34)(H,27,30)(H,32,33)/t13-,14-,17?,18+,24-/m1/s1. The highest BCUT2D eigenvalue weighted by Crippen LogP contribution is 2.45. The van der Waals surface area contributed by atoms with E-state index in [0.29, 0.717) is 11.1 Å². The van der Waals surface area contributed by atoms with Gasteiger partial charge in [0.25, 0.3) is 0 Å². The Kier molecular flexibility index (Phi) is 6.00. The van der Waals surface area contributed by atoms with Crippen molar-refractivity contribution >= 4 is 30.0 Å². The van der Waals surface area contributed by atoms with Gasteiger partial charge in [-0.05, 0) is 18.1 Å². The first kappa shape index (κ1) is 24.5. The molecule has 5 atom stereocenters. The Hall–Kier alpha value is -4.16. The number of nitrogens with zero attached hydrogens (tertiary/aromatic N) is 2. The van der Waals surface area contributed by atoms with Gasteiger partial charge in [-0.1, -0.05) is 18.2 Å². The van der Waals surface area contributed by atoms with Crippen LogP contribution in [0.15, 0.2) is 30.9 Å². The van der Waals surface area contributed by atoms with Gasteiger partial charge in [-0.25, -0.2) is 18.8 Å². The van der Waals surface area contributed by atoms with E-state index in [1.165, 1.54) is 17.0 Å². The normalized spacial score (nSPS) is 29.7. The monoisotopic (exact) mass is 516 g/mol. The van der Waals surface area contributed by atoms with Crippen LogP contribution < -0.4 is 10.6 Å². The third-order valence-corrected chi connectivity index (χ3v) is 7.30. The van der Waals surface area contributed by atoms with Gasteiger partial charge >= 0.3 is 18.2 Å². The van der Waals surface area contributed by atoms with Gasteiger partial charge in [0.15, 0.2) is 0 Å². The molecule has 37 heavy (non-hydrogen) atoms. The highest BCUT2D eigenvalue weighted by molar-refractivity contribution is 5.96. The average Bonchev–Trinajstić information content (AvgIpc) is 3.23. The van der Waals surface area contributed by atoms with Crippen molar-refractivity contribution in [1.29, 1.82) is 0 Å². The molecular formula is C24H25FN4O8. The number of cyclic esters (lactones) is 1. The van der Waals surface area contributed by atoms with E-state index >= 15 is 0 Å². The molecule has 3 heterocycles. The summed E-state index contributed by atoms with van der Waals surface area (Å²) in [6, 6.07) is 2.39. The lowest BCUT2D eigenvalue weighted by molar-refractivity contribution is -0.145. The van der Waals surface area contributed by atoms with Gasteiger partial charge < -0.3 is 30.1 Å². The number of carbonyl (C=O) groups is 5. The van der Waals surface area contributed by atoms with Crippen molar-refractivity contribution in [3.05, 3.63) is 47.8 Å². The number of hydrogen-bond donors (Lipinski definition) is 3. The number of carboxylic acid groups (broad SMARTS) is 1. The predicted octanol–water partition coefficient (Wildman–Crippen LogP) is 0.501. The maximum Gasteiger partial charge on any atom is 0.410 e. The van der Waals surface area contributed by atoms with Crippen LogP contribution in [0.4, 0.5) is 14.0 Å². The fraction of sp³-hybridized carbons (Fsp3) is 0.458. The predicted molar refractivity (Wildman–Crippen MR) is 121 cm³/mol. The summed E-state index contributed by atoms with van der Waals surface area (Å²) >= 11 is 0. The molecular weight excluding hydrogens is 491 g/mol. The maximum absolute atomic E-state index is 14.1. The van der Waals surface area contributed by atoms with Gasteiger partial charge in [-0.2, -0.15) is 0 Å². The number of amides is 4. The number of aliphatic carboxylic acids is 1. The molecule has 3 N–H and O–H groups in total. The molecule has 1 aromatic carbocycles. The number of fused-ring (bicyclic) bond motifs is 1. The van der Waals surface area contributed by atoms with Crippen LogP contribution in [0.5, 0.6) is 0 Å². The molecule has 0 spiro atoms. The summed E-state index contributed by atoms with van der Waals surface area (Å²) in [4.78, 5) is 65.0. The van der Waals surface area contributed by atoms with E-state index in [4.69, 9.17) is 9.47 Å². The Morgan fingerprint density at radius 3 is 2.70 bits per heavy atom. The van der Waals surface area contributed by atoms with Crippen LogP contribution >= 0.6 is 0 Å². The molecule has 1 saturated carbocycles. The zero-order valence-corrected chi connectivity index (χ0v) is 19.6. The van der Waals surface area contributed by atoms with Crippen LogP contribution in [0.3, 0.4) is 0 Å². The van der Waals surface area contributed by atoms with Gasteiger partial charge in [-0.15, -0.1) is 6.58 Å². The van der Waals surface area contributed by atoms with Gasteiger partial charge in [-0.3, -0.25) is 14.5 Å². The highest BCUT2D eigenvalue weighted by atomic mass is 19.1. The Balaban J connectivity index is 1.30. The van der Waals surface area contributed by atoms with Crippen LogP contribution in [0, 0.1) is 11.7 Å². The van der Waals surface area contributed by atoms with Gasteiger partial charge in [0, 0.05) is 24.4 Å². The number of likely N-dealkylation sites (tertiary alicyclic amines) is 1. The summed E-state index contributed by atoms with van der Waals surface area (Å²) in [7, 11) is 0. The summed E-state index contributed by atoms with van der Waals surface area (Å²) in [6.45, 7) is 3.38. The topological polar surface area (TPSA) is 155 Å². The van der Waals surface area contributed by atoms with Gasteiger partial charge in [0.05, 0.1) is 13.1 Å². The average molecular weight is 516 g/mol. The lowest BCUT2D eigenvalue weighted by Crippen LogP contribution is -2.55. The zero-order valence-electron chi connectivity index (χ0n) is 19.6. The van der Waals surface area contributed by atoms with Crippen LogP contribution in [0.2, 0.25) is 0 Å². The van der Waals surface area contributed by atoms with E-state index in [1.54, 1.807) is 12.1 Å². The molecule has 4 aliphatic rings. The largest absolute Gasteiger partial charge is 0.479 e. The molecule has 3 aliphatic heterocycles. The van der Waals surface area contributed by atoms with Crippen molar-refractivity contribution in [3.8, 4) is 0 Å². The maximum atomic E-state index is 14.1. The second-order valence-electron chi connectivity index (χ2n) is 9.59. The first-order valence-electron chi connectivity index (χ1n) is 11.8. The molecule has 2 saturated heterocycles. The third kappa shape index (κ3) is 4.34. The fourth-order valence-electron chi connectivity index (χ4n) is 5.14. The molecule has 12 nitrogen and oxygen atoms in total. The van der Waals surface area contributed by atoms with E-state index in [0.717, 1.165) is 4.90 Å². The first-order chi connectivity index (χ1) is 17.6. The van der Waals surface area contributed by atoms with Gasteiger partial charge in [0.2, 0.25) is 11.8 Å². The quantitative estimate of drug-likeness (QED) is 0.462. The van der Waals surface area contributed by atoms with Crippen molar-refractivity contribution in [1.82, 2.24) is 20.4 Å². The number of alkyl carbamates (subject to hydrolysis) is 1. The smallest absolute Gasteiger partial charge is 0.410 e. The Bertz CT molecular complexity index is 1210. The number of carbonyl (C=O) groups excluding carboxylic acids is 4. The number of benzene rings is 1. The lowest BCUT2D eigenvalue weighted by Gasteiger charge is -2.27. The molecule has 1 unspecified atom stereocenters. The van der Waals surface area contributed by atoms with Crippen molar-refractivity contribution in [3.63, 3.8) is 0 Å². The fourth-order valence-corrected chi connectivity index (χ4v) is 5.14. The number of hydrogen-bond acceptors (Lipinski definition) is 7. The number of ether oxygens (including phenoxy) is 2. The van der Waals surface area contributed by atoms with E-state index in [-0.39, 0.29) is 39.1 Å². The molecule has 1 aromatic rings. The number of nitrogens with one attached hydrogen (secondary N) is 2. The van der Waals surface area contributed by atoms with E-state index < -0.39 is 65.4 Å². The van der Waals surface area contributed by atoms with Crippen molar-refractivity contribution < 1.29 is 42.9 Å². The summed E-state index contributed by atoms with van der Waals surface area (Å²) in [6.07, 6.45) is -0.891. The SMILES string of the molecule is C=C[C@@H]1C[C@]1(NC(=O)[C@@H]1C[C@@H](OC(=O)N2Cc3cccc(F)c3C2)CN1C(=O)C1COC(=O)N1)C(=O)O. The van der Waals surface area contributed by atoms with E-state index in [9.17, 15) is 33.5 Å². The minimum atomic E-state index is -1.52. The van der Waals surface area contributed by atoms with Crippen molar-refractivity contribution in [2.45, 2.75) is 49.7 Å². The molecule has 196 valence electrons. The molecule has 0 aromatic heterocycles. The number of halogens is 1. The molecule has 4 amide bonds. The van der Waals surface area contributed by atoms with Crippen molar-refractivity contribution in [2.75, 3.05) is 13.2 Å². The van der Waals surface area contributed by atoms with Crippen LogP contribution in [0.25, 0.3) is 0 Å². The van der Waals surface area contributed by atoms with Gasteiger partial charge in [0.1, 0.15) is 36.2 Å². The Morgan fingerprint density at radius 2 is 2.08 bits per heavy atom. The van der Waals surface area contributed by atoms with Crippen LogP contribution in [-0.4, -0.2) is 81.8 Å². The Morgan fingerprint density at radius 1 is 1.30 bits per heavy atom. The minimum absolute atomic E-state index is 0.0234. The molecule has 0 bridgehead atoms. The van der Waals surface area contributed by atoms with Crippen LogP contribution in [0.1, 0.15) is 24.0 Å². The summed E-state index contributed by atoms with van der Waals surface area (Å²) < 4.78 is 24.5. The molecule has 13 heteroatoms. The molecule has 0 radical (unpaired) electrons. The summed E-state index contributed by atoms with van der Waals surface area (Å²) in [5.41, 5.74) is -0.454. The molecule has 1 aliphatic carbocycles.